The summed E-state index contributed by atoms with van der Waals surface area (Å²) in [4.78, 5) is 0. The molecule has 0 aliphatic carbocycles. The third kappa shape index (κ3) is 4.87. The summed E-state index contributed by atoms with van der Waals surface area (Å²) < 4.78 is 9.48. The molecule has 1 aromatic carbocycles. The van der Waals surface area contributed by atoms with Crippen molar-refractivity contribution < 1.29 is 4.74 Å². The predicted octanol–water partition coefficient (Wildman–Crippen LogP) is 3.72. The molecular formula is C14H19N3OS. The second kappa shape index (κ2) is 7.74. The lowest BCUT2D eigenvalue weighted by molar-refractivity contribution is 0.306. The van der Waals surface area contributed by atoms with Crippen molar-refractivity contribution in [2.45, 2.75) is 32.7 Å². The van der Waals surface area contributed by atoms with E-state index in [1.807, 2.05) is 12.1 Å². The van der Waals surface area contributed by atoms with Crippen molar-refractivity contribution >= 4 is 16.5 Å². The average molecular weight is 277 g/mol. The number of rotatable bonds is 8. The van der Waals surface area contributed by atoms with E-state index in [9.17, 15) is 0 Å². The van der Waals surface area contributed by atoms with Crippen molar-refractivity contribution in [1.29, 1.82) is 0 Å². The molecule has 1 N–H and O–H groups in total. The number of unbranched alkanes of at least 4 members (excludes halogenated alkanes) is 2. The molecule has 2 rings (SSSR count). The fourth-order valence-electron chi connectivity index (χ4n) is 1.68. The number of aromatic nitrogens is 2. The molecule has 0 radical (unpaired) electrons. The number of hydrogen-bond donors (Lipinski definition) is 1. The zero-order valence-corrected chi connectivity index (χ0v) is 11.9. The Morgan fingerprint density at radius 1 is 1.21 bits per heavy atom. The number of nitrogens with zero attached hydrogens (tertiary/aromatic N) is 2. The molecule has 0 spiro atoms. The lowest BCUT2D eigenvalue weighted by Gasteiger charge is -2.07. The Labute approximate surface area is 118 Å². The summed E-state index contributed by atoms with van der Waals surface area (Å²) in [5.74, 6) is 0.944. The van der Waals surface area contributed by atoms with Gasteiger partial charge in [0.1, 0.15) is 10.8 Å². The third-order valence-electron chi connectivity index (χ3n) is 2.77. The standard InChI is InChI=1S/C14H19N3OS/c1-2-3-4-9-18-13-7-5-12(6-8-13)10-15-14-11-16-17-19-14/h5-8,11,15H,2-4,9-10H2,1H3. The van der Waals surface area contributed by atoms with Gasteiger partial charge in [0.25, 0.3) is 0 Å². The monoisotopic (exact) mass is 277 g/mol. The lowest BCUT2D eigenvalue weighted by atomic mass is 10.2. The van der Waals surface area contributed by atoms with Crippen LogP contribution in [0.15, 0.2) is 30.5 Å². The van der Waals surface area contributed by atoms with Gasteiger partial charge in [-0.2, -0.15) is 0 Å². The van der Waals surface area contributed by atoms with Gasteiger partial charge in [0, 0.05) is 18.1 Å². The van der Waals surface area contributed by atoms with E-state index >= 15 is 0 Å². The van der Waals surface area contributed by atoms with Crippen LogP contribution in [0.25, 0.3) is 0 Å². The van der Waals surface area contributed by atoms with Crippen molar-refractivity contribution in [3.63, 3.8) is 0 Å². The van der Waals surface area contributed by atoms with Crippen molar-refractivity contribution in [3.8, 4) is 5.75 Å². The van der Waals surface area contributed by atoms with Crippen LogP contribution in [-0.2, 0) is 6.54 Å². The van der Waals surface area contributed by atoms with Gasteiger partial charge in [-0.05, 0) is 24.1 Å². The van der Waals surface area contributed by atoms with Crippen molar-refractivity contribution in [1.82, 2.24) is 9.59 Å². The van der Waals surface area contributed by atoms with Gasteiger partial charge >= 0.3 is 0 Å². The van der Waals surface area contributed by atoms with E-state index in [0.29, 0.717) is 0 Å². The molecule has 0 amide bonds. The minimum absolute atomic E-state index is 0.778. The fraction of sp³-hybridized carbons (Fsp3) is 0.429. The van der Waals surface area contributed by atoms with E-state index in [2.05, 4.69) is 34.0 Å². The van der Waals surface area contributed by atoms with Crippen molar-refractivity contribution in [2.75, 3.05) is 11.9 Å². The van der Waals surface area contributed by atoms with E-state index in [4.69, 9.17) is 4.74 Å². The van der Waals surface area contributed by atoms with E-state index < -0.39 is 0 Å². The highest BCUT2D eigenvalue weighted by molar-refractivity contribution is 7.09. The zero-order chi connectivity index (χ0) is 13.3. The molecule has 2 aromatic rings. The summed E-state index contributed by atoms with van der Waals surface area (Å²) in [5.41, 5.74) is 1.22. The summed E-state index contributed by atoms with van der Waals surface area (Å²) >= 11 is 1.36. The Morgan fingerprint density at radius 3 is 2.74 bits per heavy atom. The first kappa shape index (κ1) is 13.8. The first-order valence-electron chi connectivity index (χ1n) is 6.61. The molecule has 0 aliphatic rings. The van der Waals surface area contributed by atoms with Crippen LogP contribution in [-0.4, -0.2) is 16.2 Å². The minimum atomic E-state index is 0.778. The molecule has 102 valence electrons. The summed E-state index contributed by atoms with van der Waals surface area (Å²) in [7, 11) is 0. The maximum atomic E-state index is 5.68. The van der Waals surface area contributed by atoms with Gasteiger partial charge in [-0.15, -0.1) is 5.10 Å². The summed E-state index contributed by atoms with van der Waals surface area (Å²) in [6.07, 6.45) is 5.30. The molecule has 0 atom stereocenters. The van der Waals surface area contributed by atoms with Crippen LogP contribution in [0.3, 0.4) is 0 Å². The Balaban J connectivity index is 1.74. The summed E-state index contributed by atoms with van der Waals surface area (Å²) in [5, 5.41) is 8.04. The van der Waals surface area contributed by atoms with Gasteiger partial charge in [-0.25, -0.2) is 0 Å². The number of hydrogen-bond acceptors (Lipinski definition) is 5. The molecular weight excluding hydrogens is 258 g/mol. The molecule has 5 heteroatoms. The van der Waals surface area contributed by atoms with E-state index in [1.165, 1.54) is 29.9 Å². The van der Waals surface area contributed by atoms with Gasteiger partial charge in [-0.1, -0.05) is 36.4 Å². The summed E-state index contributed by atoms with van der Waals surface area (Å²) in [6.45, 7) is 3.78. The number of ether oxygens (including phenoxy) is 1. The molecule has 19 heavy (non-hydrogen) atoms. The first-order valence-corrected chi connectivity index (χ1v) is 7.39. The Morgan fingerprint density at radius 2 is 2.05 bits per heavy atom. The van der Waals surface area contributed by atoms with Crippen LogP contribution in [0, 0.1) is 0 Å². The van der Waals surface area contributed by atoms with E-state index in [-0.39, 0.29) is 0 Å². The Kier molecular flexibility index (Phi) is 5.62. The zero-order valence-electron chi connectivity index (χ0n) is 11.1. The van der Waals surface area contributed by atoms with Crippen molar-refractivity contribution in [2.24, 2.45) is 0 Å². The minimum Gasteiger partial charge on any atom is -0.494 e. The molecule has 0 saturated carbocycles. The Bertz CT molecular complexity index is 456. The fourth-order valence-corrected chi connectivity index (χ4v) is 2.09. The lowest BCUT2D eigenvalue weighted by Crippen LogP contribution is -1.99. The SMILES string of the molecule is CCCCCOc1ccc(CNc2cnns2)cc1. The first-order chi connectivity index (χ1) is 9.38. The molecule has 0 bridgehead atoms. The molecule has 1 heterocycles. The van der Waals surface area contributed by atoms with Crippen LogP contribution >= 0.6 is 11.5 Å². The quantitative estimate of drug-likeness (QED) is 0.747. The second-order valence-corrected chi connectivity index (χ2v) is 5.12. The summed E-state index contributed by atoms with van der Waals surface area (Å²) in [6, 6.07) is 8.20. The normalized spacial score (nSPS) is 10.4. The third-order valence-corrected chi connectivity index (χ3v) is 3.39. The molecule has 0 fully saturated rings. The average Bonchev–Trinajstić information content (AvgIpc) is 2.96. The topological polar surface area (TPSA) is 47.0 Å². The van der Waals surface area contributed by atoms with Crippen LogP contribution in [0.2, 0.25) is 0 Å². The van der Waals surface area contributed by atoms with Crippen LogP contribution in [0.5, 0.6) is 5.75 Å². The maximum absolute atomic E-state index is 5.68. The van der Waals surface area contributed by atoms with Crippen LogP contribution in [0.1, 0.15) is 31.7 Å². The van der Waals surface area contributed by atoms with Gasteiger partial charge in [0.2, 0.25) is 0 Å². The molecule has 0 aliphatic heterocycles. The van der Waals surface area contributed by atoms with Gasteiger partial charge in [0.15, 0.2) is 0 Å². The largest absolute Gasteiger partial charge is 0.494 e. The molecule has 4 nitrogen and oxygen atoms in total. The highest BCUT2D eigenvalue weighted by Gasteiger charge is 1.98. The Hall–Kier alpha value is -1.62. The number of nitrogens with one attached hydrogen (secondary N) is 1. The molecule has 0 saturated heterocycles. The predicted molar refractivity (Wildman–Crippen MR) is 78.7 cm³/mol. The van der Waals surface area contributed by atoms with E-state index in [0.717, 1.165) is 30.3 Å². The van der Waals surface area contributed by atoms with Crippen molar-refractivity contribution in [3.05, 3.63) is 36.0 Å². The molecule has 1 aromatic heterocycles. The highest BCUT2D eigenvalue weighted by atomic mass is 32.1. The maximum Gasteiger partial charge on any atom is 0.130 e. The number of benzene rings is 1. The van der Waals surface area contributed by atoms with Crippen LogP contribution < -0.4 is 10.1 Å². The number of anilines is 1. The van der Waals surface area contributed by atoms with Gasteiger partial charge in [0.05, 0.1) is 12.8 Å². The highest BCUT2D eigenvalue weighted by Crippen LogP contribution is 2.15. The van der Waals surface area contributed by atoms with Gasteiger partial charge in [-0.3, -0.25) is 0 Å². The van der Waals surface area contributed by atoms with Crippen LogP contribution in [0.4, 0.5) is 5.00 Å². The molecule has 0 unspecified atom stereocenters. The van der Waals surface area contributed by atoms with Gasteiger partial charge < -0.3 is 10.1 Å². The van der Waals surface area contributed by atoms with E-state index in [1.54, 1.807) is 6.20 Å². The second-order valence-electron chi connectivity index (χ2n) is 4.33. The smallest absolute Gasteiger partial charge is 0.130 e.